The van der Waals surface area contributed by atoms with Gasteiger partial charge in [-0.25, -0.2) is 0 Å². The molecule has 2 unspecified atom stereocenters. The summed E-state index contributed by atoms with van der Waals surface area (Å²) in [7, 11) is 1.57. The number of hydrogen-bond donors (Lipinski definition) is 3. The quantitative estimate of drug-likeness (QED) is 0.684. The van der Waals surface area contributed by atoms with Crippen molar-refractivity contribution in [3.8, 4) is 5.75 Å². The Morgan fingerprint density at radius 3 is 2.79 bits per heavy atom. The van der Waals surface area contributed by atoms with E-state index in [0.29, 0.717) is 12.3 Å². The maximum absolute atomic E-state index is 10.8. The van der Waals surface area contributed by atoms with Gasteiger partial charge < -0.3 is 20.9 Å². The molecule has 0 saturated carbocycles. The van der Waals surface area contributed by atoms with E-state index in [1.165, 1.54) is 0 Å². The van der Waals surface area contributed by atoms with Crippen LogP contribution in [-0.2, 0) is 4.79 Å². The number of primary amides is 1. The van der Waals surface area contributed by atoms with Crippen LogP contribution < -0.4 is 15.8 Å². The number of benzene rings is 1. The van der Waals surface area contributed by atoms with E-state index in [0.717, 1.165) is 11.1 Å². The summed E-state index contributed by atoms with van der Waals surface area (Å²) >= 11 is 0. The highest BCUT2D eigenvalue weighted by Crippen LogP contribution is 2.25. The first kappa shape index (κ1) is 15.5. The summed E-state index contributed by atoms with van der Waals surface area (Å²) in [6.45, 7) is 4.15. The first-order valence-electron chi connectivity index (χ1n) is 6.28. The highest BCUT2D eigenvalue weighted by molar-refractivity contribution is 5.74. The van der Waals surface area contributed by atoms with Crippen molar-refractivity contribution in [1.82, 2.24) is 5.32 Å². The second kappa shape index (κ2) is 7.11. The molecule has 1 aromatic rings. The number of amides is 1. The molecule has 0 heterocycles. The second-order valence-corrected chi connectivity index (χ2v) is 4.74. The molecule has 0 radical (unpaired) electrons. The molecule has 4 N–H and O–H groups in total. The van der Waals surface area contributed by atoms with Gasteiger partial charge in [-0.15, -0.1) is 0 Å². The molecule has 0 aliphatic carbocycles. The summed E-state index contributed by atoms with van der Waals surface area (Å²) in [6.07, 6.45) is -0.442. The van der Waals surface area contributed by atoms with Crippen molar-refractivity contribution >= 4 is 5.91 Å². The molecular weight excluding hydrogens is 244 g/mol. The normalized spacial score (nSPS) is 13.9. The Morgan fingerprint density at radius 2 is 2.21 bits per heavy atom. The van der Waals surface area contributed by atoms with E-state index < -0.39 is 6.10 Å². The van der Waals surface area contributed by atoms with E-state index >= 15 is 0 Å². The number of aliphatic hydroxyl groups is 1. The van der Waals surface area contributed by atoms with Gasteiger partial charge in [-0.2, -0.15) is 0 Å². The molecule has 0 saturated heterocycles. The fraction of sp³-hybridized carbons (Fsp3) is 0.500. The molecule has 0 aliphatic rings. The average molecular weight is 266 g/mol. The lowest BCUT2D eigenvalue weighted by molar-refractivity contribution is -0.118. The number of rotatable bonds is 7. The van der Waals surface area contributed by atoms with Crippen LogP contribution in [0, 0.1) is 6.92 Å². The summed E-state index contributed by atoms with van der Waals surface area (Å²) in [6, 6.07) is 5.59. The molecule has 106 valence electrons. The van der Waals surface area contributed by atoms with Crippen LogP contribution >= 0.6 is 0 Å². The third kappa shape index (κ3) is 4.89. The molecular formula is C14H22N2O3. The Morgan fingerprint density at radius 1 is 1.53 bits per heavy atom. The number of nitrogens with two attached hydrogens (primary N) is 1. The van der Waals surface area contributed by atoms with Gasteiger partial charge in [-0.3, -0.25) is 4.79 Å². The smallest absolute Gasteiger partial charge is 0.218 e. The van der Waals surface area contributed by atoms with Crippen molar-refractivity contribution in [2.45, 2.75) is 32.4 Å². The van der Waals surface area contributed by atoms with Crippen molar-refractivity contribution in [1.29, 1.82) is 0 Å². The number of aliphatic hydroxyl groups excluding tert-OH is 1. The third-order valence-corrected chi connectivity index (χ3v) is 2.91. The molecule has 5 nitrogen and oxygen atoms in total. The SMILES string of the molecule is COc1ccc(C)cc1C(O)CNC(C)CC(N)=O. The lowest BCUT2D eigenvalue weighted by atomic mass is 10.0. The monoisotopic (exact) mass is 266 g/mol. The van der Waals surface area contributed by atoms with Gasteiger partial charge >= 0.3 is 0 Å². The number of carbonyl (C=O) groups is 1. The molecule has 1 amide bonds. The number of methoxy groups -OCH3 is 1. The van der Waals surface area contributed by atoms with Crippen LogP contribution in [0.25, 0.3) is 0 Å². The number of carbonyl (C=O) groups excluding carboxylic acids is 1. The maximum atomic E-state index is 10.8. The van der Waals surface area contributed by atoms with E-state index in [-0.39, 0.29) is 18.4 Å². The van der Waals surface area contributed by atoms with Crippen LogP contribution in [0.4, 0.5) is 0 Å². The van der Waals surface area contributed by atoms with Gasteiger partial charge in [0.15, 0.2) is 0 Å². The van der Waals surface area contributed by atoms with Crippen molar-refractivity contribution in [2.75, 3.05) is 13.7 Å². The van der Waals surface area contributed by atoms with E-state index in [2.05, 4.69) is 5.32 Å². The first-order chi connectivity index (χ1) is 8.93. The van der Waals surface area contributed by atoms with Gasteiger partial charge in [0.05, 0.1) is 13.2 Å². The van der Waals surface area contributed by atoms with Crippen LogP contribution in [0.15, 0.2) is 18.2 Å². The first-order valence-corrected chi connectivity index (χ1v) is 6.28. The third-order valence-electron chi connectivity index (χ3n) is 2.91. The summed E-state index contributed by atoms with van der Waals surface area (Å²) < 4.78 is 5.23. The van der Waals surface area contributed by atoms with E-state index in [4.69, 9.17) is 10.5 Å². The van der Waals surface area contributed by atoms with E-state index in [9.17, 15) is 9.90 Å². The van der Waals surface area contributed by atoms with E-state index in [1.807, 2.05) is 32.0 Å². The average Bonchev–Trinajstić information content (AvgIpc) is 2.35. The molecule has 19 heavy (non-hydrogen) atoms. The topological polar surface area (TPSA) is 84.6 Å². The lowest BCUT2D eigenvalue weighted by Crippen LogP contribution is -2.34. The lowest BCUT2D eigenvalue weighted by Gasteiger charge is -2.18. The molecule has 0 fully saturated rings. The molecule has 1 aromatic carbocycles. The fourth-order valence-electron chi connectivity index (χ4n) is 1.91. The number of aryl methyl sites for hydroxylation is 1. The minimum absolute atomic E-state index is 0.0667. The van der Waals surface area contributed by atoms with Gasteiger partial charge in [0.25, 0.3) is 0 Å². The van der Waals surface area contributed by atoms with Gasteiger partial charge in [0, 0.05) is 24.6 Å². The zero-order valence-corrected chi connectivity index (χ0v) is 11.6. The molecule has 0 aromatic heterocycles. The van der Waals surface area contributed by atoms with Crippen LogP contribution in [0.3, 0.4) is 0 Å². The Balaban J connectivity index is 2.65. The Bertz CT molecular complexity index is 435. The van der Waals surface area contributed by atoms with Crippen LogP contribution in [-0.4, -0.2) is 30.7 Å². The largest absolute Gasteiger partial charge is 0.496 e. The number of hydrogen-bond acceptors (Lipinski definition) is 4. The minimum Gasteiger partial charge on any atom is -0.496 e. The molecule has 1 rings (SSSR count). The Hall–Kier alpha value is -1.59. The zero-order valence-electron chi connectivity index (χ0n) is 11.6. The molecule has 0 bridgehead atoms. The van der Waals surface area contributed by atoms with Crippen LogP contribution in [0.1, 0.15) is 30.6 Å². The summed E-state index contributed by atoms with van der Waals surface area (Å²) in [5.74, 6) is 0.296. The van der Waals surface area contributed by atoms with Gasteiger partial charge in [0.1, 0.15) is 5.75 Å². The predicted octanol–water partition coefficient (Wildman–Crippen LogP) is 0.891. The molecule has 5 heteroatoms. The van der Waals surface area contributed by atoms with Gasteiger partial charge in [0.2, 0.25) is 5.91 Å². The number of ether oxygens (including phenoxy) is 1. The summed E-state index contributed by atoms with van der Waals surface area (Å²) in [5, 5.41) is 13.3. The highest BCUT2D eigenvalue weighted by Gasteiger charge is 2.15. The molecule has 0 aliphatic heterocycles. The highest BCUT2D eigenvalue weighted by atomic mass is 16.5. The minimum atomic E-state index is -0.690. The number of nitrogens with one attached hydrogen (secondary N) is 1. The predicted molar refractivity (Wildman–Crippen MR) is 74.0 cm³/mol. The van der Waals surface area contributed by atoms with Gasteiger partial charge in [-0.1, -0.05) is 11.6 Å². The summed E-state index contributed by atoms with van der Waals surface area (Å²) in [4.78, 5) is 10.8. The van der Waals surface area contributed by atoms with Crippen molar-refractivity contribution in [3.63, 3.8) is 0 Å². The Labute approximate surface area is 113 Å². The second-order valence-electron chi connectivity index (χ2n) is 4.74. The summed E-state index contributed by atoms with van der Waals surface area (Å²) in [5.41, 5.74) is 6.91. The van der Waals surface area contributed by atoms with Crippen molar-refractivity contribution in [2.24, 2.45) is 5.73 Å². The molecule has 2 atom stereocenters. The standard InChI is InChI=1S/C14H22N2O3/c1-9-4-5-13(19-3)11(6-9)12(17)8-16-10(2)7-14(15)18/h4-6,10,12,16-17H,7-8H2,1-3H3,(H2,15,18). The van der Waals surface area contributed by atoms with Crippen LogP contribution in [0.2, 0.25) is 0 Å². The Kier molecular flexibility index (Phi) is 5.79. The van der Waals surface area contributed by atoms with Crippen molar-refractivity contribution < 1.29 is 14.6 Å². The van der Waals surface area contributed by atoms with Gasteiger partial charge in [-0.05, 0) is 26.0 Å². The fourth-order valence-corrected chi connectivity index (χ4v) is 1.91. The van der Waals surface area contributed by atoms with E-state index in [1.54, 1.807) is 7.11 Å². The van der Waals surface area contributed by atoms with Crippen LogP contribution in [0.5, 0.6) is 5.75 Å². The maximum Gasteiger partial charge on any atom is 0.218 e. The molecule has 0 spiro atoms. The zero-order chi connectivity index (χ0) is 14.4. The van der Waals surface area contributed by atoms with Crippen molar-refractivity contribution in [3.05, 3.63) is 29.3 Å².